The topological polar surface area (TPSA) is 91.3 Å². The first kappa shape index (κ1) is 26.1. The lowest BCUT2D eigenvalue weighted by Gasteiger charge is -2.10. The van der Waals surface area contributed by atoms with Crippen LogP contribution >= 0.6 is 23.1 Å². The Bertz CT molecular complexity index is 1290. The maximum Gasteiger partial charge on any atom is 0.151 e. The first-order valence-electron chi connectivity index (χ1n) is 10.6. The molecule has 0 saturated carbocycles. The first-order valence-corrected chi connectivity index (χ1v) is 12.2. The minimum atomic E-state index is -0.395. The van der Waals surface area contributed by atoms with Crippen LogP contribution in [-0.4, -0.2) is 36.8 Å². The van der Waals surface area contributed by atoms with Gasteiger partial charge in [-0.25, -0.2) is 9.37 Å². The van der Waals surface area contributed by atoms with Crippen LogP contribution in [0.15, 0.2) is 76.7 Å². The third-order valence-corrected chi connectivity index (χ3v) is 6.95. The summed E-state index contributed by atoms with van der Waals surface area (Å²) in [5.41, 5.74) is 2.77. The van der Waals surface area contributed by atoms with Gasteiger partial charge in [-0.1, -0.05) is 17.8 Å². The molecular weight excluding hydrogens is 485 g/mol. The fourth-order valence-corrected chi connectivity index (χ4v) is 5.00. The van der Waals surface area contributed by atoms with Gasteiger partial charge in [-0.2, -0.15) is 0 Å². The number of phenolic OH excluding ortho intramolecular Hbond substituents is 1. The van der Waals surface area contributed by atoms with Crippen LogP contribution in [0.2, 0.25) is 0 Å². The lowest BCUT2D eigenvalue weighted by Crippen LogP contribution is -2.02. The van der Waals surface area contributed by atoms with Crippen LogP contribution in [0.4, 0.5) is 10.1 Å². The van der Waals surface area contributed by atoms with E-state index in [-0.39, 0.29) is 5.75 Å². The molecule has 0 bridgehead atoms. The summed E-state index contributed by atoms with van der Waals surface area (Å²) in [4.78, 5) is 28.6. The molecule has 9 heteroatoms. The van der Waals surface area contributed by atoms with E-state index in [2.05, 4.69) is 15.6 Å². The van der Waals surface area contributed by atoms with Gasteiger partial charge in [0.2, 0.25) is 0 Å². The van der Waals surface area contributed by atoms with Crippen molar-refractivity contribution in [1.29, 1.82) is 0 Å². The Hall–Kier alpha value is -3.53. The standard InChI is InChI=1S/C15H12FNO2S.C11H12N2OS/c1-17-13-6-10(8-18)2-5-14(13)20-15-7-12(16)4-3-11(15)9-19;1-12-6-10-7-13-11(15-10)8-2-4-9(14)5-3-8/h2-9,17H,1H3;2-5,7,12,14H,6H2,1H3. The Kier molecular flexibility index (Phi) is 9.54. The largest absolute Gasteiger partial charge is 0.508 e. The number of hydrogen-bond donors (Lipinski definition) is 3. The Morgan fingerprint density at radius 1 is 1.00 bits per heavy atom. The zero-order valence-electron chi connectivity index (χ0n) is 19.1. The summed E-state index contributed by atoms with van der Waals surface area (Å²) in [7, 11) is 3.65. The molecule has 0 aliphatic rings. The fraction of sp³-hybridized carbons (Fsp3) is 0.115. The Labute approximate surface area is 211 Å². The number of phenols is 1. The molecule has 0 atom stereocenters. The van der Waals surface area contributed by atoms with Gasteiger partial charge in [-0.15, -0.1) is 11.3 Å². The number of aromatic hydroxyl groups is 1. The number of nitrogens with one attached hydrogen (secondary N) is 2. The highest BCUT2D eigenvalue weighted by atomic mass is 32.2. The SMILES string of the molecule is CNCc1cnc(-c2ccc(O)cc2)s1.CNc1cc(C=O)ccc1Sc1cc(F)ccc1C=O. The third-order valence-electron chi connectivity index (χ3n) is 4.75. The molecule has 0 amide bonds. The molecule has 3 N–H and O–H groups in total. The van der Waals surface area contributed by atoms with E-state index in [1.807, 2.05) is 25.4 Å². The number of hydrogen-bond acceptors (Lipinski definition) is 8. The summed E-state index contributed by atoms with van der Waals surface area (Å²) in [6, 6.07) is 16.3. The van der Waals surface area contributed by atoms with Crippen LogP contribution in [0.3, 0.4) is 0 Å². The van der Waals surface area contributed by atoms with Crippen molar-refractivity contribution in [3.63, 3.8) is 0 Å². The van der Waals surface area contributed by atoms with Crippen LogP contribution < -0.4 is 10.6 Å². The maximum absolute atomic E-state index is 13.3. The van der Waals surface area contributed by atoms with Crippen LogP contribution in [0.1, 0.15) is 25.6 Å². The molecule has 0 aliphatic carbocycles. The van der Waals surface area contributed by atoms with Gasteiger partial charge in [-0.05, 0) is 61.6 Å². The molecule has 4 rings (SSSR count). The Balaban J connectivity index is 0.000000203. The van der Waals surface area contributed by atoms with Gasteiger partial charge in [0.1, 0.15) is 22.9 Å². The summed E-state index contributed by atoms with van der Waals surface area (Å²) in [5.74, 6) is -0.112. The van der Waals surface area contributed by atoms with Crippen molar-refractivity contribution in [2.45, 2.75) is 16.3 Å². The van der Waals surface area contributed by atoms with E-state index in [0.717, 1.165) is 34.0 Å². The van der Waals surface area contributed by atoms with Crippen LogP contribution in [0.5, 0.6) is 5.75 Å². The number of aldehydes is 2. The molecule has 0 radical (unpaired) electrons. The molecule has 35 heavy (non-hydrogen) atoms. The fourth-order valence-electron chi connectivity index (χ4n) is 3.02. The monoisotopic (exact) mass is 509 g/mol. The number of thiazole rings is 1. The summed E-state index contributed by atoms with van der Waals surface area (Å²) in [5, 5.41) is 16.2. The lowest BCUT2D eigenvalue weighted by atomic mass is 10.2. The number of halogens is 1. The molecule has 6 nitrogen and oxygen atoms in total. The minimum absolute atomic E-state index is 0.283. The molecule has 4 aromatic rings. The smallest absolute Gasteiger partial charge is 0.151 e. The number of nitrogens with zero attached hydrogens (tertiary/aromatic N) is 1. The second kappa shape index (κ2) is 12.8. The van der Waals surface area contributed by atoms with E-state index in [0.29, 0.717) is 22.3 Å². The van der Waals surface area contributed by atoms with E-state index in [9.17, 15) is 14.0 Å². The number of anilines is 1. The van der Waals surface area contributed by atoms with Gasteiger partial charge in [0, 0.05) is 56.8 Å². The van der Waals surface area contributed by atoms with Gasteiger partial charge >= 0.3 is 0 Å². The van der Waals surface area contributed by atoms with Crippen LogP contribution in [-0.2, 0) is 6.54 Å². The second-order valence-corrected chi connectivity index (χ2v) is 9.43. The summed E-state index contributed by atoms with van der Waals surface area (Å²) in [6.45, 7) is 0.843. The number of carbonyl (C=O) groups excluding carboxylic acids is 2. The molecule has 0 saturated heterocycles. The highest BCUT2D eigenvalue weighted by Crippen LogP contribution is 2.35. The Morgan fingerprint density at radius 2 is 1.77 bits per heavy atom. The normalized spacial score (nSPS) is 10.3. The molecule has 0 unspecified atom stereocenters. The number of aromatic nitrogens is 1. The highest BCUT2D eigenvalue weighted by molar-refractivity contribution is 7.99. The zero-order chi connectivity index (χ0) is 25.2. The molecule has 1 aromatic heterocycles. The molecule has 180 valence electrons. The molecular formula is C26H24FN3O3S2. The van der Waals surface area contributed by atoms with Crippen molar-refractivity contribution < 1.29 is 19.1 Å². The van der Waals surface area contributed by atoms with E-state index < -0.39 is 5.82 Å². The maximum atomic E-state index is 13.3. The average Bonchev–Trinajstić information content (AvgIpc) is 3.34. The summed E-state index contributed by atoms with van der Waals surface area (Å²) in [6.07, 6.45) is 3.33. The van der Waals surface area contributed by atoms with Crippen LogP contribution in [0.25, 0.3) is 10.6 Å². The van der Waals surface area contributed by atoms with Crippen molar-refractivity contribution in [3.05, 3.63) is 88.7 Å². The van der Waals surface area contributed by atoms with Gasteiger partial charge in [0.15, 0.2) is 6.29 Å². The van der Waals surface area contributed by atoms with E-state index in [1.165, 1.54) is 34.8 Å². The minimum Gasteiger partial charge on any atom is -0.508 e. The highest BCUT2D eigenvalue weighted by Gasteiger charge is 2.09. The average molecular weight is 510 g/mol. The van der Waals surface area contributed by atoms with Crippen molar-refractivity contribution in [1.82, 2.24) is 10.3 Å². The third kappa shape index (κ3) is 7.22. The van der Waals surface area contributed by atoms with Crippen molar-refractivity contribution in [3.8, 4) is 16.3 Å². The summed E-state index contributed by atoms with van der Waals surface area (Å²) < 4.78 is 13.3. The lowest BCUT2D eigenvalue weighted by molar-refractivity contribution is 0.111. The van der Waals surface area contributed by atoms with E-state index in [4.69, 9.17) is 5.11 Å². The second-order valence-electron chi connectivity index (χ2n) is 7.23. The van der Waals surface area contributed by atoms with Crippen molar-refractivity contribution in [2.24, 2.45) is 0 Å². The van der Waals surface area contributed by atoms with Crippen molar-refractivity contribution in [2.75, 3.05) is 19.4 Å². The molecule has 0 fully saturated rings. The molecule has 3 aromatic carbocycles. The first-order chi connectivity index (χ1) is 17.0. The van der Waals surface area contributed by atoms with E-state index in [1.54, 1.807) is 48.7 Å². The molecule has 0 aliphatic heterocycles. The molecule has 0 spiro atoms. The van der Waals surface area contributed by atoms with Gasteiger partial charge in [0.25, 0.3) is 0 Å². The van der Waals surface area contributed by atoms with Crippen LogP contribution in [0, 0.1) is 5.82 Å². The summed E-state index contributed by atoms with van der Waals surface area (Å²) >= 11 is 2.93. The van der Waals surface area contributed by atoms with E-state index >= 15 is 0 Å². The number of benzene rings is 3. The number of rotatable bonds is 8. The number of carbonyl (C=O) groups is 2. The predicted molar refractivity (Wildman–Crippen MR) is 139 cm³/mol. The molecule has 1 heterocycles. The van der Waals surface area contributed by atoms with Gasteiger partial charge < -0.3 is 15.7 Å². The van der Waals surface area contributed by atoms with Crippen molar-refractivity contribution >= 4 is 41.4 Å². The van der Waals surface area contributed by atoms with Gasteiger partial charge in [0.05, 0.1) is 0 Å². The van der Waals surface area contributed by atoms with Gasteiger partial charge in [-0.3, -0.25) is 9.59 Å². The zero-order valence-corrected chi connectivity index (χ0v) is 20.8. The predicted octanol–water partition coefficient (Wildman–Crippen LogP) is 5.88. The quantitative estimate of drug-likeness (QED) is 0.256. The Morgan fingerprint density at radius 3 is 2.43 bits per heavy atom.